The molecule has 5 nitrogen and oxygen atoms in total. The SMILES string of the molecule is O=C(O)C[C@@H]1COc2cc(O[C@@H]3CCc4c3ccc(C(F)(F)F)c4CN3CCc4ccccc4C3)ccc21. The van der Waals surface area contributed by atoms with Crippen LogP contribution in [0, 0.1) is 0 Å². The van der Waals surface area contributed by atoms with Crippen molar-refractivity contribution in [1.29, 1.82) is 0 Å². The van der Waals surface area contributed by atoms with Crippen LogP contribution >= 0.6 is 0 Å². The molecule has 0 fully saturated rings. The fourth-order valence-electron chi connectivity index (χ4n) is 6.09. The second-order valence-corrected chi connectivity index (χ2v) is 10.3. The zero-order valence-electron chi connectivity index (χ0n) is 20.8. The van der Waals surface area contributed by atoms with E-state index in [1.807, 2.05) is 18.2 Å². The van der Waals surface area contributed by atoms with Gasteiger partial charge in [-0.25, -0.2) is 0 Å². The fraction of sp³-hybridized carbons (Fsp3) is 0.367. The number of benzene rings is 3. The average Bonchev–Trinajstić information content (AvgIpc) is 3.47. The van der Waals surface area contributed by atoms with Crippen LogP contribution in [0.4, 0.5) is 13.2 Å². The first-order valence-electron chi connectivity index (χ1n) is 12.9. The Morgan fingerprint density at radius 1 is 1.05 bits per heavy atom. The number of hydrogen-bond donors (Lipinski definition) is 1. The summed E-state index contributed by atoms with van der Waals surface area (Å²) in [6.45, 7) is 1.91. The summed E-state index contributed by atoms with van der Waals surface area (Å²) >= 11 is 0. The molecule has 3 aliphatic rings. The second kappa shape index (κ2) is 9.66. The van der Waals surface area contributed by atoms with Gasteiger partial charge in [-0.2, -0.15) is 13.2 Å². The van der Waals surface area contributed by atoms with Crippen LogP contribution in [-0.2, 0) is 36.9 Å². The third kappa shape index (κ3) is 4.73. The van der Waals surface area contributed by atoms with Crippen LogP contribution in [0.1, 0.15) is 63.8 Å². The Labute approximate surface area is 218 Å². The summed E-state index contributed by atoms with van der Waals surface area (Å²) in [5.41, 5.74) is 4.61. The number of nitrogens with zero attached hydrogens (tertiary/aromatic N) is 1. The summed E-state index contributed by atoms with van der Waals surface area (Å²) < 4.78 is 54.2. The summed E-state index contributed by atoms with van der Waals surface area (Å²) in [4.78, 5) is 13.2. The van der Waals surface area contributed by atoms with E-state index in [2.05, 4.69) is 17.0 Å². The molecule has 2 aliphatic heterocycles. The minimum atomic E-state index is -4.43. The number of carboxylic acid groups (broad SMARTS) is 1. The smallest absolute Gasteiger partial charge is 0.416 e. The Balaban J connectivity index is 1.25. The Bertz CT molecular complexity index is 1390. The number of hydrogen-bond acceptors (Lipinski definition) is 4. The molecule has 3 aromatic carbocycles. The van der Waals surface area contributed by atoms with Crippen molar-refractivity contribution in [3.05, 3.63) is 93.5 Å². The topological polar surface area (TPSA) is 59.0 Å². The minimum absolute atomic E-state index is 0.00385. The van der Waals surface area contributed by atoms with Gasteiger partial charge in [-0.05, 0) is 59.2 Å². The van der Waals surface area contributed by atoms with E-state index >= 15 is 0 Å². The van der Waals surface area contributed by atoms with Gasteiger partial charge in [0.25, 0.3) is 0 Å². The maximum atomic E-state index is 14.1. The molecule has 1 N–H and O–H groups in total. The monoisotopic (exact) mass is 523 g/mol. The summed E-state index contributed by atoms with van der Waals surface area (Å²) in [5, 5.41) is 9.12. The number of carbonyl (C=O) groups is 1. The maximum Gasteiger partial charge on any atom is 0.416 e. The minimum Gasteiger partial charge on any atom is -0.492 e. The van der Waals surface area contributed by atoms with Crippen molar-refractivity contribution in [2.45, 2.75) is 57.0 Å². The van der Waals surface area contributed by atoms with Crippen molar-refractivity contribution < 1.29 is 32.5 Å². The van der Waals surface area contributed by atoms with Crippen LogP contribution in [0.25, 0.3) is 0 Å². The number of aliphatic carboxylic acids is 1. The molecule has 6 rings (SSSR count). The molecule has 0 unspecified atom stereocenters. The lowest BCUT2D eigenvalue weighted by Gasteiger charge is -2.30. The van der Waals surface area contributed by atoms with Gasteiger partial charge in [0, 0.05) is 37.2 Å². The van der Waals surface area contributed by atoms with Crippen molar-refractivity contribution in [3.8, 4) is 11.5 Å². The molecule has 198 valence electrons. The highest BCUT2D eigenvalue weighted by Gasteiger charge is 2.38. The van der Waals surface area contributed by atoms with Gasteiger partial charge >= 0.3 is 12.1 Å². The van der Waals surface area contributed by atoms with E-state index in [1.54, 1.807) is 18.2 Å². The standard InChI is InChI=1S/C30H28F3NO4/c31-30(32,33)26-9-7-24-23(25(26)16-34-12-11-18-3-1-2-4-19(18)15-34)8-10-27(24)38-21-5-6-22-20(13-29(35)36)17-37-28(22)14-21/h1-7,9,14,20,27H,8,10-13,15-17H2,(H,35,36)/t20-,27-/m1/s1. The van der Waals surface area contributed by atoms with Gasteiger partial charge in [0.2, 0.25) is 0 Å². The molecule has 0 saturated heterocycles. The molecule has 2 heterocycles. The van der Waals surface area contributed by atoms with Gasteiger partial charge in [-0.3, -0.25) is 9.69 Å². The zero-order valence-corrected chi connectivity index (χ0v) is 20.8. The number of ether oxygens (including phenoxy) is 2. The molecule has 0 aromatic heterocycles. The molecule has 38 heavy (non-hydrogen) atoms. The van der Waals surface area contributed by atoms with E-state index in [0.29, 0.717) is 43.1 Å². The Kier molecular flexibility index (Phi) is 6.30. The lowest BCUT2D eigenvalue weighted by molar-refractivity contribution is -0.139. The van der Waals surface area contributed by atoms with Gasteiger partial charge in [0.05, 0.1) is 18.6 Å². The average molecular weight is 524 g/mol. The molecule has 0 bridgehead atoms. The first kappa shape index (κ1) is 24.8. The Morgan fingerprint density at radius 3 is 2.63 bits per heavy atom. The Hall–Kier alpha value is -3.52. The van der Waals surface area contributed by atoms with Crippen LogP contribution in [0.15, 0.2) is 54.6 Å². The summed E-state index contributed by atoms with van der Waals surface area (Å²) in [6, 6.07) is 16.3. The van der Waals surface area contributed by atoms with Crippen LogP contribution in [0.5, 0.6) is 11.5 Å². The van der Waals surface area contributed by atoms with E-state index in [0.717, 1.165) is 29.7 Å². The van der Waals surface area contributed by atoms with Crippen molar-refractivity contribution >= 4 is 5.97 Å². The van der Waals surface area contributed by atoms with Gasteiger partial charge in [-0.1, -0.05) is 36.4 Å². The molecule has 0 saturated carbocycles. The molecule has 0 radical (unpaired) electrons. The van der Waals surface area contributed by atoms with Crippen LogP contribution < -0.4 is 9.47 Å². The molecular weight excluding hydrogens is 495 g/mol. The lowest BCUT2D eigenvalue weighted by Crippen LogP contribution is -2.31. The molecule has 8 heteroatoms. The quantitative estimate of drug-likeness (QED) is 0.412. The van der Waals surface area contributed by atoms with E-state index in [4.69, 9.17) is 14.6 Å². The lowest BCUT2D eigenvalue weighted by atomic mass is 9.94. The summed E-state index contributed by atoms with van der Waals surface area (Å²) in [7, 11) is 0. The molecular formula is C30H28F3NO4. The fourth-order valence-corrected chi connectivity index (χ4v) is 6.09. The highest BCUT2D eigenvalue weighted by Crippen LogP contribution is 2.44. The van der Waals surface area contributed by atoms with Crippen molar-refractivity contribution in [2.75, 3.05) is 13.2 Å². The number of fused-ring (bicyclic) bond motifs is 3. The van der Waals surface area contributed by atoms with E-state index < -0.39 is 17.7 Å². The van der Waals surface area contributed by atoms with E-state index in [-0.39, 0.29) is 25.0 Å². The van der Waals surface area contributed by atoms with Crippen molar-refractivity contribution in [1.82, 2.24) is 4.90 Å². The van der Waals surface area contributed by atoms with Gasteiger partial charge in [0.1, 0.15) is 17.6 Å². The number of carboxylic acids is 1. The first-order chi connectivity index (χ1) is 18.3. The van der Waals surface area contributed by atoms with Crippen molar-refractivity contribution in [2.24, 2.45) is 0 Å². The molecule has 0 spiro atoms. The molecule has 1 aliphatic carbocycles. The maximum absolute atomic E-state index is 14.1. The van der Waals surface area contributed by atoms with Gasteiger partial charge in [-0.15, -0.1) is 0 Å². The molecule has 2 atom stereocenters. The summed E-state index contributed by atoms with van der Waals surface area (Å²) in [5.74, 6) is 0.0862. The number of rotatable bonds is 6. The number of halogens is 3. The zero-order chi connectivity index (χ0) is 26.4. The third-order valence-corrected chi connectivity index (χ3v) is 7.93. The van der Waals surface area contributed by atoms with Crippen LogP contribution in [0.2, 0.25) is 0 Å². The third-order valence-electron chi connectivity index (χ3n) is 7.93. The normalized spacial score (nSPS) is 20.4. The molecule has 0 amide bonds. The highest BCUT2D eigenvalue weighted by molar-refractivity contribution is 5.68. The second-order valence-electron chi connectivity index (χ2n) is 10.3. The molecule has 3 aromatic rings. The van der Waals surface area contributed by atoms with Crippen LogP contribution in [0.3, 0.4) is 0 Å². The van der Waals surface area contributed by atoms with Crippen molar-refractivity contribution in [3.63, 3.8) is 0 Å². The predicted octanol–water partition coefficient (Wildman–Crippen LogP) is 6.28. The van der Waals surface area contributed by atoms with E-state index in [9.17, 15) is 18.0 Å². The number of alkyl halides is 3. The summed E-state index contributed by atoms with van der Waals surface area (Å²) in [6.07, 6.45) is -2.86. The van der Waals surface area contributed by atoms with Crippen LogP contribution in [-0.4, -0.2) is 29.1 Å². The largest absolute Gasteiger partial charge is 0.492 e. The highest BCUT2D eigenvalue weighted by atomic mass is 19.4. The van der Waals surface area contributed by atoms with E-state index in [1.165, 1.54) is 17.2 Å². The predicted molar refractivity (Wildman–Crippen MR) is 134 cm³/mol. The first-order valence-corrected chi connectivity index (χ1v) is 12.9. The van der Waals surface area contributed by atoms with Gasteiger partial charge < -0.3 is 14.6 Å². The Morgan fingerprint density at radius 2 is 1.84 bits per heavy atom. The van der Waals surface area contributed by atoms with Gasteiger partial charge in [0.15, 0.2) is 0 Å².